The summed E-state index contributed by atoms with van der Waals surface area (Å²) < 4.78 is 13.7. The third-order valence-electron chi connectivity index (χ3n) is 10.9. The number of anilines is 3. The summed E-state index contributed by atoms with van der Waals surface area (Å²) in [6, 6.07) is 70.8. The Kier molecular flexibility index (Phi) is 7.17. The molecule has 0 aliphatic carbocycles. The van der Waals surface area contributed by atoms with E-state index in [9.17, 15) is 0 Å². The Balaban J connectivity index is 1.15. The molecule has 55 heavy (non-hydrogen) atoms. The predicted molar refractivity (Wildman–Crippen MR) is 229 cm³/mol. The van der Waals surface area contributed by atoms with E-state index in [-0.39, 0.29) is 0 Å². The highest BCUT2D eigenvalue weighted by atomic mass is 16.3. The van der Waals surface area contributed by atoms with Gasteiger partial charge >= 0.3 is 0 Å². The third kappa shape index (κ3) is 5.20. The number of hydrogen-bond donors (Lipinski definition) is 0. The Labute approximate surface area is 317 Å². The van der Waals surface area contributed by atoms with Crippen molar-refractivity contribution in [1.82, 2.24) is 0 Å². The van der Waals surface area contributed by atoms with Gasteiger partial charge in [0.05, 0.1) is 16.8 Å². The van der Waals surface area contributed by atoms with Crippen LogP contribution in [0.3, 0.4) is 0 Å². The molecule has 3 heteroatoms. The minimum absolute atomic E-state index is 0.828. The quantitative estimate of drug-likeness (QED) is 0.173. The van der Waals surface area contributed by atoms with Crippen molar-refractivity contribution >= 4 is 71.7 Å². The van der Waals surface area contributed by atoms with Crippen LogP contribution in [-0.4, -0.2) is 0 Å². The van der Waals surface area contributed by atoms with Gasteiger partial charge in [0, 0.05) is 27.4 Å². The van der Waals surface area contributed by atoms with Crippen molar-refractivity contribution in [3.63, 3.8) is 0 Å². The van der Waals surface area contributed by atoms with Gasteiger partial charge in [-0.25, -0.2) is 0 Å². The smallest absolute Gasteiger partial charge is 0.159 e. The van der Waals surface area contributed by atoms with Gasteiger partial charge in [0.25, 0.3) is 0 Å². The minimum Gasteiger partial charge on any atom is -0.455 e. The van der Waals surface area contributed by atoms with Gasteiger partial charge in [-0.05, 0) is 93.2 Å². The SMILES string of the molecule is c1ccc(-c2ccc3c(c2)oc2c(N(c4ccc(-c5ccc6ccccc6c5)cc4)c4ccc(-c5ccccc5)c5oc6ccccc6c45)cccc23)cc1. The number of hydrogen-bond acceptors (Lipinski definition) is 3. The summed E-state index contributed by atoms with van der Waals surface area (Å²) in [6.07, 6.45) is 0. The van der Waals surface area contributed by atoms with Gasteiger partial charge in [-0.1, -0.05) is 146 Å². The number of furan rings is 2. The molecular weight excluding hydrogens is 671 g/mol. The second-order valence-electron chi connectivity index (χ2n) is 14.1. The third-order valence-corrected chi connectivity index (χ3v) is 10.9. The standard InChI is InChI=1S/C52H33NO2/c1-3-12-34(13-4-1)40-26-29-43-44-19-11-20-47(51(44)55-49(43)33-40)53(41-27-24-36(25-28-41)39-23-22-35-14-7-8-17-38(35)32-39)46-31-30-42(37-15-5-2-6-16-37)52-50(46)45-18-9-10-21-48(45)54-52/h1-33H. The fraction of sp³-hybridized carbons (Fsp3) is 0. The van der Waals surface area contributed by atoms with Crippen molar-refractivity contribution in [3.8, 4) is 33.4 Å². The molecule has 2 aromatic heterocycles. The summed E-state index contributed by atoms with van der Waals surface area (Å²) in [5.41, 5.74) is 13.1. The Morgan fingerprint density at radius 3 is 1.80 bits per heavy atom. The maximum atomic E-state index is 6.91. The summed E-state index contributed by atoms with van der Waals surface area (Å²) in [5.74, 6) is 0. The monoisotopic (exact) mass is 703 g/mol. The molecule has 0 saturated carbocycles. The highest BCUT2D eigenvalue weighted by molar-refractivity contribution is 6.19. The van der Waals surface area contributed by atoms with Crippen LogP contribution in [0, 0.1) is 0 Å². The van der Waals surface area contributed by atoms with Crippen LogP contribution in [0.15, 0.2) is 209 Å². The molecule has 0 amide bonds. The first kappa shape index (κ1) is 31.2. The van der Waals surface area contributed by atoms with Crippen LogP contribution in [0.25, 0.3) is 88.0 Å². The van der Waals surface area contributed by atoms with Crippen molar-refractivity contribution in [2.45, 2.75) is 0 Å². The number of nitrogens with zero attached hydrogens (tertiary/aromatic N) is 1. The van der Waals surface area contributed by atoms with E-state index in [2.05, 4.69) is 187 Å². The van der Waals surface area contributed by atoms with Gasteiger partial charge in [0.15, 0.2) is 5.58 Å². The zero-order valence-corrected chi connectivity index (χ0v) is 29.8. The van der Waals surface area contributed by atoms with Crippen LogP contribution in [0.1, 0.15) is 0 Å². The maximum Gasteiger partial charge on any atom is 0.159 e. The minimum atomic E-state index is 0.828. The lowest BCUT2D eigenvalue weighted by molar-refractivity contribution is 0.668. The molecule has 3 nitrogen and oxygen atoms in total. The van der Waals surface area contributed by atoms with Gasteiger partial charge < -0.3 is 13.7 Å². The van der Waals surface area contributed by atoms with Gasteiger partial charge in [0.2, 0.25) is 0 Å². The van der Waals surface area contributed by atoms with Crippen molar-refractivity contribution < 1.29 is 8.83 Å². The molecule has 11 rings (SSSR count). The Morgan fingerprint density at radius 1 is 0.327 bits per heavy atom. The zero-order chi connectivity index (χ0) is 36.3. The topological polar surface area (TPSA) is 29.5 Å². The van der Waals surface area contributed by atoms with E-state index in [1.165, 1.54) is 16.3 Å². The fourth-order valence-electron chi connectivity index (χ4n) is 8.19. The summed E-state index contributed by atoms with van der Waals surface area (Å²) in [6.45, 7) is 0. The van der Waals surface area contributed by atoms with Crippen LogP contribution in [0.5, 0.6) is 0 Å². The second-order valence-corrected chi connectivity index (χ2v) is 14.1. The molecule has 0 saturated heterocycles. The van der Waals surface area contributed by atoms with Gasteiger partial charge in [-0.2, -0.15) is 0 Å². The van der Waals surface area contributed by atoms with E-state index in [4.69, 9.17) is 8.83 Å². The fourth-order valence-corrected chi connectivity index (χ4v) is 8.19. The lowest BCUT2D eigenvalue weighted by Gasteiger charge is -2.27. The molecule has 0 aliphatic heterocycles. The van der Waals surface area contributed by atoms with Crippen molar-refractivity contribution in [2.75, 3.05) is 4.90 Å². The molecule has 0 fully saturated rings. The number of benzene rings is 9. The van der Waals surface area contributed by atoms with Crippen LogP contribution in [-0.2, 0) is 0 Å². The molecule has 0 N–H and O–H groups in total. The Bertz CT molecular complexity index is 3190. The molecule has 0 spiro atoms. The molecule has 0 atom stereocenters. The van der Waals surface area contributed by atoms with Crippen LogP contribution in [0.2, 0.25) is 0 Å². The molecule has 0 bridgehead atoms. The van der Waals surface area contributed by atoms with E-state index in [1.54, 1.807) is 0 Å². The number of fused-ring (bicyclic) bond motifs is 7. The molecule has 9 aromatic carbocycles. The van der Waals surface area contributed by atoms with Crippen molar-refractivity contribution in [2.24, 2.45) is 0 Å². The largest absolute Gasteiger partial charge is 0.455 e. The molecule has 258 valence electrons. The average molecular weight is 704 g/mol. The molecule has 0 unspecified atom stereocenters. The Hall–Kier alpha value is -7.36. The lowest BCUT2D eigenvalue weighted by atomic mass is 9.99. The summed E-state index contributed by atoms with van der Waals surface area (Å²) in [4.78, 5) is 2.34. The average Bonchev–Trinajstić information content (AvgIpc) is 3.84. The van der Waals surface area contributed by atoms with E-state index < -0.39 is 0 Å². The van der Waals surface area contributed by atoms with Crippen molar-refractivity contribution in [1.29, 1.82) is 0 Å². The van der Waals surface area contributed by atoms with E-state index >= 15 is 0 Å². The van der Waals surface area contributed by atoms with Crippen LogP contribution >= 0.6 is 0 Å². The first-order chi connectivity index (χ1) is 27.3. The first-order valence-electron chi connectivity index (χ1n) is 18.7. The van der Waals surface area contributed by atoms with E-state index in [0.717, 1.165) is 88.8 Å². The maximum absolute atomic E-state index is 6.91. The van der Waals surface area contributed by atoms with Crippen molar-refractivity contribution in [3.05, 3.63) is 200 Å². The first-order valence-corrected chi connectivity index (χ1v) is 18.7. The van der Waals surface area contributed by atoms with E-state index in [1.807, 2.05) is 18.2 Å². The normalized spacial score (nSPS) is 11.6. The molecule has 2 heterocycles. The number of para-hydroxylation sites is 2. The zero-order valence-electron chi connectivity index (χ0n) is 29.8. The number of rotatable bonds is 6. The highest BCUT2D eigenvalue weighted by Gasteiger charge is 2.25. The molecular formula is C52H33NO2. The Morgan fingerprint density at radius 2 is 0.964 bits per heavy atom. The van der Waals surface area contributed by atoms with Crippen LogP contribution in [0.4, 0.5) is 17.1 Å². The van der Waals surface area contributed by atoms with E-state index in [0.29, 0.717) is 0 Å². The summed E-state index contributed by atoms with van der Waals surface area (Å²) in [7, 11) is 0. The molecule has 11 aromatic rings. The summed E-state index contributed by atoms with van der Waals surface area (Å²) >= 11 is 0. The predicted octanol–water partition coefficient (Wildman–Crippen LogP) is 15.1. The van der Waals surface area contributed by atoms with Crippen LogP contribution < -0.4 is 4.90 Å². The van der Waals surface area contributed by atoms with Gasteiger partial charge in [-0.15, -0.1) is 0 Å². The summed E-state index contributed by atoms with van der Waals surface area (Å²) in [5, 5.41) is 6.73. The molecule has 0 radical (unpaired) electrons. The lowest BCUT2D eigenvalue weighted by Crippen LogP contribution is -2.10. The highest BCUT2D eigenvalue weighted by Crippen LogP contribution is 2.48. The molecule has 0 aliphatic rings. The van der Waals surface area contributed by atoms with Gasteiger partial charge in [-0.3, -0.25) is 0 Å². The van der Waals surface area contributed by atoms with Gasteiger partial charge in [0.1, 0.15) is 16.7 Å². The second kappa shape index (κ2) is 12.6.